The fraction of sp³-hybridized carbons (Fsp3) is 0.333. The number of ether oxygens (including phenoxy) is 1. The zero-order valence-electron chi connectivity index (χ0n) is 16.4. The van der Waals surface area contributed by atoms with Gasteiger partial charge >= 0.3 is 6.09 Å². The first kappa shape index (κ1) is 23.6. The number of benzene rings is 2. The topological polar surface area (TPSA) is 77.2 Å². The van der Waals surface area contributed by atoms with Crippen molar-refractivity contribution in [3.63, 3.8) is 0 Å². The SMILES string of the molecule is C.N[C@H](CC[C@H](Cc1ccccc1)NC(=O)OCc1cncs1)Cc1ccccc1. The summed E-state index contributed by atoms with van der Waals surface area (Å²) in [4.78, 5) is 17.2. The van der Waals surface area contributed by atoms with Gasteiger partial charge in [0.15, 0.2) is 0 Å². The van der Waals surface area contributed by atoms with Crippen LogP contribution in [0.25, 0.3) is 0 Å². The molecule has 2 atom stereocenters. The lowest BCUT2D eigenvalue weighted by Crippen LogP contribution is -2.38. The Morgan fingerprint density at radius 3 is 2.23 bits per heavy atom. The van der Waals surface area contributed by atoms with Crippen LogP contribution in [0.3, 0.4) is 0 Å². The molecule has 5 nitrogen and oxygen atoms in total. The number of aromatic nitrogens is 1. The molecule has 2 aromatic carbocycles. The fourth-order valence-electron chi connectivity index (χ4n) is 3.22. The Bertz CT molecular complexity index is 841. The van der Waals surface area contributed by atoms with Gasteiger partial charge in [0.2, 0.25) is 0 Å². The van der Waals surface area contributed by atoms with Crippen molar-refractivity contribution in [1.29, 1.82) is 0 Å². The van der Waals surface area contributed by atoms with E-state index in [-0.39, 0.29) is 26.1 Å². The molecule has 1 heterocycles. The second kappa shape index (κ2) is 12.8. The predicted molar refractivity (Wildman–Crippen MR) is 123 cm³/mol. The van der Waals surface area contributed by atoms with Crippen LogP contribution in [0, 0.1) is 0 Å². The van der Waals surface area contributed by atoms with Crippen LogP contribution in [0.4, 0.5) is 4.79 Å². The molecule has 0 radical (unpaired) electrons. The maximum atomic E-state index is 12.3. The molecule has 0 aliphatic rings. The van der Waals surface area contributed by atoms with Crippen molar-refractivity contribution >= 4 is 17.4 Å². The fourth-order valence-corrected chi connectivity index (χ4v) is 3.72. The largest absolute Gasteiger partial charge is 0.444 e. The third-order valence-electron chi connectivity index (χ3n) is 4.70. The van der Waals surface area contributed by atoms with Crippen LogP contribution < -0.4 is 11.1 Å². The second-order valence-corrected chi connectivity index (χ2v) is 8.07. The smallest absolute Gasteiger partial charge is 0.407 e. The third kappa shape index (κ3) is 8.35. The summed E-state index contributed by atoms with van der Waals surface area (Å²) in [5, 5.41) is 3.01. The molecule has 160 valence electrons. The standard InChI is InChI=1S/C23H27N3O2S.CH4/c24-20(13-18-7-3-1-4-8-18)11-12-21(14-19-9-5-2-6-10-19)26-23(27)28-16-22-15-25-17-29-22;/h1-10,15,17,20-21H,11-14,16,24H2,(H,26,27);1H4/t20-,21-;/m1./s1. The minimum Gasteiger partial charge on any atom is -0.444 e. The van der Waals surface area contributed by atoms with Gasteiger partial charge in [-0.15, -0.1) is 11.3 Å². The molecule has 0 aliphatic heterocycles. The Hall–Kier alpha value is -2.70. The summed E-state index contributed by atoms with van der Waals surface area (Å²) in [6.07, 6.45) is 4.49. The molecule has 1 aromatic heterocycles. The minimum absolute atomic E-state index is 0. The number of rotatable bonds is 10. The Labute approximate surface area is 183 Å². The summed E-state index contributed by atoms with van der Waals surface area (Å²) in [6.45, 7) is 0.238. The molecule has 3 aromatic rings. The lowest BCUT2D eigenvalue weighted by Gasteiger charge is -2.21. The van der Waals surface area contributed by atoms with E-state index in [9.17, 15) is 4.79 Å². The van der Waals surface area contributed by atoms with Crippen molar-refractivity contribution in [3.8, 4) is 0 Å². The third-order valence-corrected chi connectivity index (χ3v) is 5.46. The first-order valence-corrected chi connectivity index (χ1v) is 10.7. The molecule has 0 spiro atoms. The van der Waals surface area contributed by atoms with Gasteiger partial charge in [-0.1, -0.05) is 68.1 Å². The van der Waals surface area contributed by atoms with Gasteiger partial charge in [0, 0.05) is 18.3 Å². The van der Waals surface area contributed by atoms with Crippen LogP contribution in [0.2, 0.25) is 0 Å². The van der Waals surface area contributed by atoms with Crippen molar-refractivity contribution in [2.45, 2.75) is 51.8 Å². The van der Waals surface area contributed by atoms with E-state index in [4.69, 9.17) is 10.5 Å². The van der Waals surface area contributed by atoms with E-state index in [0.29, 0.717) is 0 Å². The average Bonchev–Trinajstić information content (AvgIpc) is 3.26. The summed E-state index contributed by atoms with van der Waals surface area (Å²) < 4.78 is 5.35. The van der Waals surface area contributed by atoms with Crippen molar-refractivity contribution < 1.29 is 9.53 Å². The first-order chi connectivity index (χ1) is 14.2. The molecule has 0 aliphatic carbocycles. The molecule has 3 rings (SSSR count). The monoisotopic (exact) mass is 425 g/mol. The molecule has 0 saturated carbocycles. The molecule has 30 heavy (non-hydrogen) atoms. The molecule has 3 N–H and O–H groups in total. The van der Waals surface area contributed by atoms with Crippen molar-refractivity contribution in [2.75, 3.05) is 0 Å². The first-order valence-electron chi connectivity index (χ1n) is 9.83. The number of alkyl carbamates (subject to hydrolysis) is 1. The highest BCUT2D eigenvalue weighted by molar-refractivity contribution is 7.09. The normalized spacial score (nSPS) is 12.4. The lowest BCUT2D eigenvalue weighted by atomic mass is 9.96. The summed E-state index contributed by atoms with van der Waals surface area (Å²) in [5.41, 5.74) is 10.5. The highest BCUT2D eigenvalue weighted by Gasteiger charge is 2.16. The van der Waals surface area contributed by atoms with E-state index in [1.165, 1.54) is 22.5 Å². The highest BCUT2D eigenvalue weighted by atomic mass is 32.1. The molecule has 6 heteroatoms. The minimum atomic E-state index is -0.407. The van der Waals surface area contributed by atoms with Gasteiger partial charge in [0.05, 0.1) is 10.4 Å². The van der Waals surface area contributed by atoms with Crippen LogP contribution in [0.1, 0.15) is 36.3 Å². The van der Waals surface area contributed by atoms with Gasteiger partial charge < -0.3 is 15.8 Å². The molecular weight excluding hydrogens is 394 g/mol. The number of hydrogen-bond acceptors (Lipinski definition) is 5. The molecule has 0 unspecified atom stereocenters. The summed E-state index contributed by atoms with van der Waals surface area (Å²) in [7, 11) is 0. The maximum absolute atomic E-state index is 12.3. The number of thiazole rings is 1. The number of nitrogens with one attached hydrogen (secondary N) is 1. The van der Waals surface area contributed by atoms with Crippen molar-refractivity contribution in [1.82, 2.24) is 10.3 Å². The van der Waals surface area contributed by atoms with Gasteiger partial charge in [0.25, 0.3) is 0 Å². The number of nitrogens with two attached hydrogens (primary N) is 1. The summed E-state index contributed by atoms with van der Waals surface area (Å²) in [5.74, 6) is 0. The summed E-state index contributed by atoms with van der Waals surface area (Å²) in [6, 6.07) is 20.4. The molecule has 0 fully saturated rings. The quantitative estimate of drug-likeness (QED) is 0.481. The van der Waals surface area contributed by atoms with E-state index >= 15 is 0 Å². The van der Waals surface area contributed by atoms with Crippen LogP contribution in [-0.4, -0.2) is 23.2 Å². The number of nitrogens with zero attached hydrogens (tertiary/aromatic N) is 1. The van der Waals surface area contributed by atoms with E-state index in [1.807, 2.05) is 36.4 Å². The lowest BCUT2D eigenvalue weighted by molar-refractivity contribution is 0.135. The van der Waals surface area contributed by atoms with Gasteiger partial charge in [-0.05, 0) is 36.8 Å². The van der Waals surface area contributed by atoms with Gasteiger partial charge in [0.1, 0.15) is 6.61 Å². The number of amides is 1. The molecule has 1 amide bonds. The highest BCUT2D eigenvalue weighted by Crippen LogP contribution is 2.13. The van der Waals surface area contributed by atoms with E-state index in [1.54, 1.807) is 11.7 Å². The Morgan fingerprint density at radius 1 is 1.00 bits per heavy atom. The Kier molecular flexibility index (Phi) is 10.0. The zero-order chi connectivity index (χ0) is 20.3. The van der Waals surface area contributed by atoms with Crippen molar-refractivity contribution in [3.05, 3.63) is 88.4 Å². The van der Waals surface area contributed by atoms with Gasteiger partial charge in [-0.3, -0.25) is 4.98 Å². The van der Waals surface area contributed by atoms with E-state index in [2.05, 4.69) is 34.6 Å². The predicted octanol–water partition coefficient (Wildman–Crippen LogP) is 4.97. The van der Waals surface area contributed by atoms with Crippen LogP contribution >= 0.6 is 11.3 Å². The zero-order valence-corrected chi connectivity index (χ0v) is 17.2. The maximum Gasteiger partial charge on any atom is 0.407 e. The Balaban J connectivity index is 0.00000320. The van der Waals surface area contributed by atoms with E-state index in [0.717, 1.165) is 30.6 Å². The van der Waals surface area contributed by atoms with Crippen LogP contribution in [-0.2, 0) is 24.2 Å². The van der Waals surface area contributed by atoms with Crippen molar-refractivity contribution in [2.24, 2.45) is 5.73 Å². The molecular formula is C24H31N3O2S. The molecule has 0 bridgehead atoms. The van der Waals surface area contributed by atoms with Gasteiger partial charge in [-0.25, -0.2) is 4.79 Å². The second-order valence-electron chi connectivity index (χ2n) is 7.10. The molecule has 0 saturated heterocycles. The summed E-state index contributed by atoms with van der Waals surface area (Å²) >= 11 is 1.47. The Morgan fingerprint density at radius 2 is 1.63 bits per heavy atom. The van der Waals surface area contributed by atoms with Crippen LogP contribution in [0.15, 0.2) is 72.4 Å². The van der Waals surface area contributed by atoms with E-state index < -0.39 is 6.09 Å². The number of hydrogen-bond donors (Lipinski definition) is 2. The average molecular weight is 426 g/mol. The van der Waals surface area contributed by atoms with Crippen LogP contribution in [0.5, 0.6) is 0 Å². The number of carbonyl (C=O) groups excluding carboxylic acids is 1. The van der Waals surface area contributed by atoms with Gasteiger partial charge in [-0.2, -0.15) is 0 Å². The number of carbonyl (C=O) groups is 1.